The molecule has 0 amide bonds. The van der Waals surface area contributed by atoms with Gasteiger partial charge in [0.2, 0.25) is 5.76 Å². The minimum Gasteiger partial charge on any atom is -1.00 e. The number of carbonyl (C=O) groups excluding carboxylic acids is 1. The largest absolute Gasteiger partial charge is 1.00 e. The Morgan fingerprint density at radius 3 is 2.65 bits per heavy atom. The molecule has 1 N–H and O–H groups in total. The van der Waals surface area contributed by atoms with Gasteiger partial charge in [-0.2, -0.15) is 0 Å². The number of carbonyl (C=O) groups is 1. The first-order chi connectivity index (χ1) is 10.6. The molecule has 0 spiro atoms. The molecular formula is C16H19BrClNO4. The van der Waals surface area contributed by atoms with Crippen LogP contribution in [0.15, 0.2) is 45.3 Å². The maximum atomic E-state index is 11.8. The maximum absolute atomic E-state index is 11.8. The Morgan fingerprint density at radius 1 is 1.22 bits per heavy atom. The second-order valence-corrected chi connectivity index (χ2v) is 5.93. The predicted octanol–water partition coefficient (Wildman–Crippen LogP) is -1.07. The molecule has 0 unspecified atom stereocenters. The number of ether oxygens (including phenoxy) is 2. The van der Waals surface area contributed by atoms with Gasteiger partial charge in [0.1, 0.15) is 31.3 Å². The Kier molecular flexibility index (Phi) is 8.16. The van der Waals surface area contributed by atoms with Gasteiger partial charge in [-0.1, -0.05) is 12.1 Å². The highest BCUT2D eigenvalue weighted by atomic mass is 79.9. The SMILES string of the molecule is C[NH+](C)CCOC(=O)c1ccc(COc2ccccc2Br)o1.[Cl-]. The van der Waals surface area contributed by atoms with Crippen LogP contribution in [0.3, 0.4) is 0 Å². The fourth-order valence-corrected chi connectivity index (χ4v) is 2.09. The van der Waals surface area contributed by atoms with Crippen LogP contribution >= 0.6 is 15.9 Å². The smallest absolute Gasteiger partial charge is 0.374 e. The molecule has 7 heteroatoms. The Bertz CT molecular complexity index is 630. The maximum Gasteiger partial charge on any atom is 0.374 e. The van der Waals surface area contributed by atoms with Crippen LogP contribution in [-0.2, 0) is 11.3 Å². The first kappa shape index (κ1) is 19.5. The number of benzene rings is 1. The number of furan rings is 1. The van der Waals surface area contributed by atoms with E-state index in [1.165, 1.54) is 4.90 Å². The predicted molar refractivity (Wildman–Crippen MR) is 85.1 cm³/mol. The molecule has 0 saturated heterocycles. The summed E-state index contributed by atoms with van der Waals surface area (Å²) in [7, 11) is 4.00. The normalized spacial score (nSPS) is 10.3. The van der Waals surface area contributed by atoms with Crippen LogP contribution in [0, 0.1) is 0 Å². The van der Waals surface area contributed by atoms with Gasteiger partial charge in [0, 0.05) is 0 Å². The average Bonchev–Trinajstić information content (AvgIpc) is 2.95. The van der Waals surface area contributed by atoms with Crippen molar-refractivity contribution in [3.63, 3.8) is 0 Å². The Balaban J connectivity index is 0.00000264. The molecule has 2 rings (SSSR count). The molecule has 1 heterocycles. The third-order valence-electron chi connectivity index (χ3n) is 2.90. The van der Waals surface area contributed by atoms with Crippen molar-refractivity contribution in [3.05, 3.63) is 52.4 Å². The van der Waals surface area contributed by atoms with Crippen molar-refractivity contribution in [1.29, 1.82) is 0 Å². The van der Waals surface area contributed by atoms with Crippen LogP contribution < -0.4 is 22.0 Å². The molecule has 2 aromatic rings. The zero-order chi connectivity index (χ0) is 15.9. The van der Waals surface area contributed by atoms with Crippen molar-refractivity contribution in [3.8, 4) is 5.75 Å². The molecule has 23 heavy (non-hydrogen) atoms. The van der Waals surface area contributed by atoms with Crippen LogP contribution in [-0.4, -0.2) is 33.2 Å². The number of quaternary nitrogens is 1. The Morgan fingerprint density at radius 2 is 1.96 bits per heavy atom. The monoisotopic (exact) mass is 403 g/mol. The second-order valence-electron chi connectivity index (χ2n) is 5.08. The highest BCUT2D eigenvalue weighted by Gasteiger charge is 2.13. The van der Waals surface area contributed by atoms with Crippen molar-refractivity contribution in [1.82, 2.24) is 0 Å². The van der Waals surface area contributed by atoms with E-state index >= 15 is 0 Å². The highest BCUT2D eigenvalue weighted by molar-refractivity contribution is 9.10. The van der Waals surface area contributed by atoms with Crippen LogP contribution in [0.4, 0.5) is 0 Å². The number of para-hydroxylation sites is 1. The quantitative estimate of drug-likeness (QED) is 0.597. The van der Waals surface area contributed by atoms with Gasteiger partial charge in [0.25, 0.3) is 0 Å². The molecule has 0 saturated carbocycles. The number of halogens is 2. The fraction of sp³-hybridized carbons (Fsp3) is 0.312. The molecule has 1 aromatic heterocycles. The lowest BCUT2D eigenvalue weighted by atomic mass is 10.3. The van der Waals surface area contributed by atoms with Crippen LogP contribution in [0.2, 0.25) is 0 Å². The summed E-state index contributed by atoms with van der Waals surface area (Å²) in [5.41, 5.74) is 0. The van der Waals surface area contributed by atoms with E-state index in [0.29, 0.717) is 12.4 Å². The standard InChI is InChI=1S/C16H18BrNO4.ClH/c1-18(2)9-10-20-16(19)15-8-7-12(22-15)11-21-14-6-4-3-5-13(14)17;/h3-8H,9-11H2,1-2H3;1H. The molecule has 1 aromatic carbocycles. The van der Waals surface area contributed by atoms with Crippen molar-refractivity contribution < 1.29 is 36.0 Å². The molecule has 0 aliphatic heterocycles. The van der Waals surface area contributed by atoms with Crippen molar-refractivity contribution in [2.45, 2.75) is 6.61 Å². The van der Waals surface area contributed by atoms with E-state index in [1.54, 1.807) is 12.1 Å². The van der Waals surface area contributed by atoms with Gasteiger partial charge in [-0.15, -0.1) is 0 Å². The van der Waals surface area contributed by atoms with Gasteiger partial charge >= 0.3 is 5.97 Å². The Hall–Kier alpha value is -1.50. The van der Waals surface area contributed by atoms with Crippen LogP contribution in [0.5, 0.6) is 5.75 Å². The van der Waals surface area contributed by atoms with Crippen molar-refractivity contribution >= 4 is 21.9 Å². The molecule has 5 nitrogen and oxygen atoms in total. The van der Waals surface area contributed by atoms with E-state index in [1.807, 2.05) is 38.4 Å². The van der Waals surface area contributed by atoms with E-state index in [2.05, 4.69) is 15.9 Å². The lowest BCUT2D eigenvalue weighted by molar-refractivity contribution is -0.858. The fourth-order valence-electron chi connectivity index (χ4n) is 1.69. The van der Waals surface area contributed by atoms with E-state index in [9.17, 15) is 4.79 Å². The number of rotatable bonds is 7. The van der Waals surface area contributed by atoms with Gasteiger partial charge in [0.15, 0.2) is 0 Å². The molecule has 0 atom stereocenters. The third kappa shape index (κ3) is 6.25. The lowest BCUT2D eigenvalue weighted by Gasteiger charge is -2.07. The average molecular weight is 405 g/mol. The summed E-state index contributed by atoms with van der Waals surface area (Å²) in [6, 6.07) is 10.9. The minimum absolute atomic E-state index is 0. The zero-order valence-electron chi connectivity index (χ0n) is 13.0. The summed E-state index contributed by atoms with van der Waals surface area (Å²) >= 11 is 3.41. The number of esters is 1. The van der Waals surface area contributed by atoms with Gasteiger partial charge in [-0.3, -0.25) is 0 Å². The number of hydrogen-bond acceptors (Lipinski definition) is 4. The molecule has 0 radical (unpaired) electrons. The van der Waals surface area contributed by atoms with Crippen LogP contribution in [0.25, 0.3) is 0 Å². The number of hydrogen-bond donors (Lipinski definition) is 1. The van der Waals surface area contributed by atoms with E-state index < -0.39 is 5.97 Å². The summed E-state index contributed by atoms with van der Waals surface area (Å²) in [5, 5.41) is 0. The van der Waals surface area contributed by atoms with Crippen LogP contribution in [0.1, 0.15) is 16.3 Å². The lowest BCUT2D eigenvalue weighted by Crippen LogP contribution is -3.06. The summed E-state index contributed by atoms with van der Waals surface area (Å²) in [5.74, 6) is 1.03. The summed E-state index contributed by atoms with van der Waals surface area (Å²) in [6.07, 6.45) is 0. The molecule has 0 aliphatic rings. The minimum atomic E-state index is -0.451. The first-order valence-corrected chi connectivity index (χ1v) is 7.78. The summed E-state index contributed by atoms with van der Waals surface area (Å²) < 4.78 is 17.1. The van der Waals surface area contributed by atoms with Gasteiger partial charge in [0.05, 0.1) is 18.6 Å². The molecule has 0 bridgehead atoms. The van der Waals surface area contributed by atoms with Crippen molar-refractivity contribution in [2.75, 3.05) is 27.2 Å². The zero-order valence-corrected chi connectivity index (χ0v) is 15.3. The number of likely N-dealkylation sites (N-methyl/N-ethyl adjacent to an activating group) is 1. The molecular weight excluding hydrogens is 386 g/mol. The summed E-state index contributed by atoms with van der Waals surface area (Å²) in [4.78, 5) is 13.0. The Labute approximate surface area is 150 Å². The molecule has 0 aliphatic carbocycles. The topological polar surface area (TPSA) is 53.1 Å². The molecule has 126 valence electrons. The third-order valence-corrected chi connectivity index (χ3v) is 3.56. The van der Waals surface area contributed by atoms with E-state index in [4.69, 9.17) is 13.9 Å². The van der Waals surface area contributed by atoms with Gasteiger partial charge in [-0.25, -0.2) is 4.79 Å². The highest BCUT2D eigenvalue weighted by Crippen LogP contribution is 2.25. The number of nitrogens with one attached hydrogen (secondary N) is 1. The van der Waals surface area contributed by atoms with E-state index in [-0.39, 0.29) is 24.8 Å². The van der Waals surface area contributed by atoms with E-state index in [0.717, 1.165) is 16.8 Å². The van der Waals surface area contributed by atoms with Crippen molar-refractivity contribution in [2.24, 2.45) is 0 Å². The first-order valence-electron chi connectivity index (χ1n) is 6.98. The van der Waals surface area contributed by atoms with Gasteiger partial charge < -0.3 is 31.2 Å². The second kappa shape index (κ2) is 9.60. The summed E-state index contributed by atoms with van der Waals surface area (Å²) in [6.45, 7) is 1.37. The van der Waals surface area contributed by atoms with Gasteiger partial charge in [-0.05, 0) is 40.2 Å². The molecule has 0 fully saturated rings.